The summed E-state index contributed by atoms with van der Waals surface area (Å²) in [5, 5.41) is 12.0. The minimum atomic E-state index is -1.03. The van der Waals surface area contributed by atoms with Crippen LogP contribution in [-0.2, 0) is 9.59 Å². The molecule has 0 spiro atoms. The Labute approximate surface area is 130 Å². The Morgan fingerprint density at radius 3 is 2.36 bits per heavy atom. The lowest BCUT2D eigenvalue weighted by molar-refractivity contribution is -0.138. The molecule has 0 aliphatic heterocycles. The van der Waals surface area contributed by atoms with E-state index in [-0.39, 0.29) is 18.4 Å². The van der Waals surface area contributed by atoms with Crippen molar-refractivity contribution in [3.63, 3.8) is 0 Å². The number of hydrogen-bond donors (Lipinski definition) is 2. The summed E-state index contributed by atoms with van der Waals surface area (Å²) in [5.41, 5.74) is 0.482. The largest absolute Gasteiger partial charge is 0.481 e. The van der Waals surface area contributed by atoms with E-state index < -0.39 is 17.7 Å². The van der Waals surface area contributed by atoms with Crippen molar-refractivity contribution in [2.45, 2.75) is 45.4 Å². The summed E-state index contributed by atoms with van der Waals surface area (Å²) in [6.07, 6.45) is 3.55. The fourth-order valence-corrected chi connectivity index (χ4v) is 2.36. The summed E-state index contributed by atoms with van der Waals surface area (Å²) in [6.45, 7) is 4.04. The summed E-state index contributed by atoms with van der Waals surface area (Å²) < 4.78 is 12.9. The lowest BCUT2D eigenvalue weighted by Gasteiger charge is -2.18. The number of carboxylic acid groups (broad SMARTS) is 1. The van der Waals surface area contributed by atoms with Gasteiger partial charge in [-0.2, -0.15) is 0 Å². The number of halogens is 1. The molecule has 0 radical (unpaired) electrons. The second kappa shape index (κ2) is 9.18. The molecule has 5 heteroatoms. The maximum Gasteiger partial charge on any atom is 0.312 e. The van der Waals surface area contributed by atoms with E-state index >= 15 is 0 Å². The smallest absolute Gasteiger partial charge is 0.312 e. The molecule has 1 amide bonds. The van der Waals surface area contributed by atoms with Gasteiger partial charge in [0.1, 0.15) is 5.82 Å². The van der Waals surface area contributed by atoms with Crippen molar-refractivity contribution in [1.29, 1.82) is 0 Å². The Morgan fingerprint density at radius 1 is 1.23 bits per heavy atom. The third-order valence-corrected chi connectivity index (χ3v) is 3.82. The first-order valence-electron chi connectivity index (χ1n) is 7.75. The number of carbonyl (C=O) groups is 2. The van der Waals surface area contributed by atoms with E-state index in [4.69, 9.17) is 0 Å². The molecule has 4 nitrogen and oxygen atoms in total. The molecule has 22 heavy (non-hydrogen) atoms. The van der Waals surface area contributed by atoms with Gasteiger partial charge in [0.25, 0.3) is 0 Å². The van der Waals surface area contributed by atoms with Gasteiger partial charge in [-0.1, -0.05) is 38.8 Å². The van der Waals surface area contributed by atoms with E-state index in [0.717, 1.165) is 25.7 Å². The summed E-state index contributed by atoms with van der Waals surface area (Å²) in [7, 11) is 0. The number of carbonyl (C=O) groups excluding carboxylic acids is 1. The second-order valence-corrected chi connectivity index (χ2v) is 5.43. The topological polar surface area (TPSA) is 66.4 Å². The van der Waals surface area contributed by atoms with Crippen LogP contribution in [0.2, 0.25) is 0 Å². The highest BCUT2D eigenvalue weighted by Gasteiger charge is 2.22. The molecule has 1 rings (SSSR count). The molecular formula is C17H24FNO3. The van der Waals surface area contributed by atoms with Crippen molar-refractivity contribution in [3.8, 4) is 0 Å². The van der Waals surface area contributed by atoms with E-state index in [1.165, 1.54) is 24.3 Å². The van der Waals surface area contributed by atoms with Gasteiger partial charge < -0.3 is 10.4 Å². The van der Waals surface area contributed by atoms with Crippen LogP contribution in [0.15, 0.2) is 24.3 Å². The normalized spacial score (nSPS) is 13.4. The zero-order valence-corrected chi connectivity index (χ0v) is 13.1. The maximum absolute atomic E-state index is 12.9. The third-order valence-electron chi connectivity index (χ3n) is 3.82. The Kier molecular flexibility index (Phi) is 7.57. The molecule has 0 bridgehead atoms. The Balaban J connectivity index is 2.66. The molecule has 1 aromatic rings. The number of rotatable bonds is 9. The van der Waals surface area contributed by atoms with Crippen molar-refractivity contribution in [3.05, 3.63) is 35.6 Å². The van der Waals surface area contributed by atoms with E-state index in [0.29, 0.717) is 5.56 Å². The van der Waals surface area contributed by atoms with Crippen LogP contribution in [0.3, 0.4) is 0 Å². The molecule has 2 N–H and O–H groups in total. The van der Waals surface area contributed by atoms with Crippen LogP contribution >= 0.6 is 0 Å². The molecule has 2 atom stereocenters. The van der Waals surface area contributed by atoms with E-state index in [9.17, 15) is 19.1 Å². The minimum absolute atomic E-state index is 0.0163. The predicted molar refractivity (Wildman–Crippen MR) is 83.1 cm³/mol. The first-order chi connectivity index (χ1) is 10.5. The number of benzene rings is 1. The van der Waals surface area contributed by atoms with Crippen LogP contribution < -0.4 is 5.32 Å². The molecular weight excluding hydrogens is 285 g/mol. The highest BCUT2D eigenvalue weighted by atomic mass is 19.1. The van der Waals surface area contributed by atoms with Crippen LogP contribution in [0.25, 0.3) is 0 Å². The molecule has 0 aromatic heterocycles. The third kappa shape index (κ3) is 5.47. The van der Waals surface area contributed by atoms with Gasteiger partial charge in [0.15, 0.2) is 0 Å². The fourth-order valence-electron chi connectivity index (χ4n) is 2.36. The zero-order chi connectivity index (χ0) is 16.5. The molecule has 2 unspecified atom stereocenters. The SMILES string of the molecule is CCCCC(CC)C(=O)NCC(C(=O)O)c1ccc(F)cc1. The van der Waals surface area contributed by atoms with Gasteiger partial charge in [-0.15, -0.1) is 0 Å². The molecule has 0 heterocycles. The van der Waals surface area contributed by atoms with Gasteiger partial charge in [0, 0.05) is 12.5 Å². The number of carboxylic acids is 1. The van der Waals surface area contributed by atoms with Crippen molar-refractivity contribution < 1.29 is 19.1 Å². The number of amides is 1. The average Bonchev–Trinajstić information content (AvgIpc) is 2.49. The van der Waals surface area contributed by atoms with Crippen LogP contribution in [0.1, 0.15) is 51.0 Å². The van der Waals surface area contributed by atoms with Crippen LogP contribution in [0, 0.1) is 11.7 Å². The molecule has 0 aliphatic rings. The van der Waals surface area contributed by atoms with Crippen LogP contribution in [-0.4, -0.2) is 23.5 Å². The van der Waals surface area contributed by atoms with Gasteiger partial charge in [0.2, 0.25) is 5.91 Å². The first-order valence-corrected chi connectivity index (χ1v) is 7.75. The Morgan fingerprint density at radius 2 is 1.86 bits per heavy atom. The van der Waals surface area contributed by atoms with Crippen LogP contribution in [0.5, 0.6) is 0 Å². The van der Waals surface area contributed by atoms with Gasteiger partial charge >= 0.3 is 5.97 Å². The highest BCUT2D eigenvalue weighted by Crippen LogP contribution is 2.17. The van der Waals surface area contributed by atoms with E-state index in [1.807, 2.05) is 6.92 Å². The molecule has 0 saturated carbocycles. The van der Waals surface area contributed by atoms with Gasteiger partial charge in [0.05, 0.1) is 5.92 Å². The summed E-state index contributed by atoms with van der Waals surface area (Å²) in [6, 6.07) is 5.33. The lowest BCUT2D eigenvalue weighted by atomic mass is 9.96. The lowest BCUT2D eigenvalue weighted by Crippen LogP contribution is -2.35. The molecule has 0 aliphatic carbocycles. The van der Waals surface area contributed by atoms with E-state index in [1.54, 1.807) is 0 Å². The molecule has 0 fully saturated rings. The Hall–Kier alpha value is -1.91. The number of unbranched alkanes of at least 4 members (excludes halogenated alkanes) is 1. The van der Waals surface area contributed by atoms with Crippen molar-refractivity contribution >= 4 is 11.9 Å². The van der Waals surface area contributed by atoms with Gasteiger partial charge in [-0.3, -0.25) is 9.59 Å². The average molecular weight is 309 g/mol. The molecule has 0 saturated heterocycles. The monoisotopic (exact) mass is 309 g/mol. The Bertz CT molecular complexity index is 487. The molecule has 122 valence electrons. The van der Waals surface area contributed by atoms with E-state index in [2.05, 4.69) is 12.2 Å². The minimum Gasteiger partial charge on any atom is -0.481 e. The van der Waals surface area contributed by atoms with Crippen molar-refractivity contribution in [1.82, 2.24) is 5.32 Å². The van der Waals surface area contributed by atoms with Crippen molar-refractivity contribution in [2.75, 3.05) is 6.54 Å². The van der Waals surface area contributed by atoms with Crippen LogP contribution in [0.4, 0.5) is 4.39 Å². The highest BCUT2D eigenvalue weighted by molar-refractivity contribution is 5.81. The standard InChI is InChI=1S/C17H24FNO3/c1-3-5-6-12(4-2)16(20)19-11-15(17(21)22)13-7-9-14(18)10-8-13/h7-10,12,15H,3-6,11H2,1-2H3,(H,19,20)(H,21,22). The molecule has 1 aromatic carbocycles. The van der Waals surface area contributed by atoms with Gasteiger partial charge in [-0.25, -0.2) is 4.39 Å². The van der Waals surface area contributed by atoms with Gasteiger partial charge in [-0.05, 0) is 30.5 Å². The number of nitrogens with one attached hydrogen (secondary N) is 1. The first kappa shape index (κ1) is 18.1. The fraction of sp³-hybridized carbons (Fsp3) is 0.529. The number of hydrogen-bond acceptors (Lipinski definition) is 2. The van der Waals surface area contributed by atoms with Crippen molar-refractivity contribution in [2.24, 2.45) is 5.92 Å². The zero-order valence-electron chi connectivity index (χ0n) is 13.1. The number of aliphatic carboxylic acids is 1. The summed E-state index contributed by atoms with van der Waals surface area (Å²) >= 11 is 0. The second-order valence-electron chi connectivity index (χ2n) is 5.43. The summed E-state index contributed by atoms with van der Waals surface area (Å²) in [5.74, 6) is -2.50. The summed E-state index contributed by atoms with van der Waals surface area (Å²) in [4.78, 5) is 23.5. The quantitative estimate of drug-likeness (QED) is 0.735. The maximum atomic E-state index is 12.9. The predicted octanol–water partition coefficient (Wildman–Crippen LogP) is 3.33.